The zero-order chi connectivity index (χ0) is 10.1. The minimum absolute atomic E-state index is 0.681. The van der Waals surface area contributed by atoms with E-state index in [0.717, 1.165) is 25.7 Å². The fourth-order valence-electron chi connectivity index (χ4n) is 1.34. The van der Waals surface area contributed by atoms with Gasteiger partial charge in [0.25, 0.3) is 0 Å². The summed E-state index contributed by atoms with van der Waals surface area (Å²) in [6.45, 7) is 2.65. The zero-order valence-corrected chi connectivity index (χ0v) is 9.49. The molecule has 0 saturated carbocycles. The molecule has 1 heterocycles. The molecule has 14 heavy (non-hydrogen) atoms. The van der Waals surface area contributed by atoms with E-state index in [1.807, 2.05) is 25.1 Å². The van der Waals surface area contributed by atoms with Crippen LogP contribution in [-0.2, 0) is 0 Å². The van der Waals surface area contributed by atoms with E-state index < -0.39 is 0 Å². The molecule has 2 nitrogen and oxygen atoms in total. The van der Waals surface area contributed by atoms with Gasteiger partial charge in [0.2, 0.25) is 0 Å². The first-order valence-electron chi connectivity index (χ1n) is 4.36. The maximum absolute atomic E-state index is 5.86. The molecule has 0 saturated heterocycles. The Hall–Kier alpha value is -0.870. The predicted molar refractivity (Wildman–Crippen MR) is 64.7 cm³/mol. The van der Waals surface area contributed by atoms with E-state index in [9.17, 15) is 0 Å². The Morgan fingerprint density at radius 3 is 3.00 bits per heavy atom. The van der Waals surface area contributed by atoms with Gasteiger partial charge in [0.1, 0.15) is 5.75 Å². The molecule has 0 fully saturated rings. The first-order chi connectivity index (χ1) is 6.72. The van der Waals surface area contributed by atoms with Gasteiger partial charge in [0.05, 0.1) is 16.5 Å². The van der Waals surface area contributed by atoms with Crippen LogP contribution in [0.2, 0.25) is 0 Å². The summed E-state index contributed by atoms with van der Waals surface area (Å²) in [5.74, 6) is 0.884. The van der Waals surface area contributed by atoms with Crippen molar-refractivity contribution >= 4 is 39.7 Å². The third-order valence-electron chi connectivity index (χ3n) is 1.99. The number of anilines is 1. The molecule has 1 aromatic heterocycles. The van der Waals surface area contributed by atoms with Crippen molar-refractivity contribution < 1.29 is 4.74 Å². The van der Waals surface area contributed by atoms with Gasteiger partial charge in [0, 0.05) is 10.1 Å². The highest BCUT2D eigenvalue weighted by Crippen LogP contribution is 2.37. The first-order valence-corrected chi connectivity index (χ1v) is 5.62. The van der Waals surface area contributed by atoms with Crippen molar-refractivity contribution in [3.8, 4) is 5.75 Å². The van der Waals surface area contributed by atoms with Gasteiger partial charge in [-0.1, -0.05) is 0 Å². The van der Waals surface area contributed by atoms with Crippen molar-refractivity contribution in [3.63, 3.8) is 0 Å². The molecule has 0 spiro atoms. The standard InChI is InChI=1S/C10H11NOS2/c1-2-12-6-3-4-7-8(5-6)14-10(13)9(7)11/h3-5,13H,2,11H2,1H3. The van der Waals surface area contributed by atoms with Crippen molar-refractivity contribution in [3.05, 3.63) is 18.2 Å². The molecule has 0 bridgehead atoms. The van der Waals surface area contributed by atoms with Crippen LogP contribution in [0.1, 0.15) is 6.92 Å². The van der Waals surface area contributed by atoms with Crippen LogP contribution in [-0.4, -0.2) is 6.61 Å². The minimum Gasteiger partial charge on any atom is -0.494 e. The second kappa shape index (κ2) is 3.71. The molecule has 2 N–H and O–H groups in total. The summed E-state index contributed by atoms with van der Waals surface area (Å²) in [7, 11) is 0. The SMILES string of the molecule is CCOc1ccc2c(N)c(S)sc2c1. The van der Waals surface area contributed by atoms with Crippen molar-refractivity contribution in [2.45, 2.75) is 11.1 Å². The summed E-state index contributed by atoms with van der Waals surface area (Å²) >= 11 is 5.87. The van der Waals surface area contributed by atoms with E-state index >= 15 is 0 Å². The van der Waals surface area contributed by atoms with Crippen molar-refractivity contribution in [2.24, 2.45) is 0 Å². The molecule has 0 amide bonds. The summed E-state index contributed by atoms with van der Waals surface area (Å²) in [6, 6.07) is 5.91. The lowest BCUT2D eigenvalue weighted by atomic mass is 10.2. The molecular formula is C10H11NOS2. The van der Waals surface area contributed by atoms with Gasteiger partial charge in [-0.2, -0.15) is 0 Å². The number of thiol groups is 1. The second-order valence-electron chi connectivity index (χ2n) is 2.91. The molecular weight excluding hydrogens is 214 g/mol. The fraction of sp³-hybridized carbons (Fsp3) is 0.200. The molecule has 0 radical (unpaired) electrons. The van der Waals surface area contributed by atoms with Gasteiger partial charge in [-0.3, -0.25) is 0 Å². The molecule has 2 rings (SSSR count). The third kappa shape index (κ3) is 1.55. The summed E-state index contributed by atoms with van der Waals surface area (Å²) < 4.78 is 7.40. The van der Waals surface area contributed by atoms with Crippen LogP contribution in [0.3, 0.4) is 0 Å². The number of fused-ring (bicyclic) bond motifs is 1. The first kappa shape index (κ1) is 9.68. The number of nitrogens with two attached hydrogens (primary N) is 1. The molecule has 0 aliphatic carbocycles. The lowest BCUT2D eigenvalue weighted by Gasteiger charge is -2.01. The van der Waals surface area contributed by atoms with Crippen LogP contribution in [0.5, 0.6) is 5.75 Å². The second-order valence-corrected chi connectivity index (χ2v) is 4.71. The minimum atomic E-state index is 0.681. The average molecular weight is 225 g/mol. The van der Waals surface area contributed by atoms with Crippen LogP contribution in [0.15, 0.2) is 22.4 Å². The number of rotatable bonds is 2. The molecule has 0 aliphatic heterocycles. The van der Waals surface area contributed by atoms with Gasteiger partial charge in [-0.15, -0.1) is 24.0 Å². The molecule has 0 unspecified atom stereocenters. The van der Waals surface area contributed by atoms with Crippen LogP contribution in [0.4, 0.5) is 5.69 Å². The molecule has 74 valence electrons. The molecule has 4 heteroatoms. The summed E-state index contributed by atoms with van der Waals surface area (Å²) in [5.41, 5.74) is 6.62. The number of hydrogen-bond acceptors (Lipinski definition) is 4. The molecule has 2 aromatic rings. The highest BCUT2D eigenvalue weighted by molar-refractivity contribution is 7.83. The average Bonchev–Trinajstić information content (AvgIpc) is 2.43. The van der Waals surface area contributed by atoms with Gasteiger partial charge in [-0.05, 0) is 25.1 Å². The van der Waals surface area contributed by atoms with Gasteiger partial charge in [-0.25, -0.2) is 0 Å². The van der Waals surface area contributed by atoms with E-state index in [1.165, 1.54) is 0 Å². The van der Waals surface area contributed by atoms with Crippen LogP contribution in [0.25, 0.3) is 10.1 Å². The maximum atomic E-state index is 5.86. The topological polar surface area (TPSA) is 35.2 Å². The fourth-order valence-corrected chi connectivity index (χ4v) is 2.65. The Morgan fingerprint density at radius 1 is 1.50 bits per heavy atom. The quantitative estimate of drug-likeness (QED) is 0.770. The van der Waals surface area contributed by atoms with E-state index in [4.69, 9.17) is 10.5 Å². The van der Waals surface area contributed by atoms with Crippen molar-refractivity contribution in [1.29, 1.82) is 0 Å². The van der Waals surface area contributed by atoms with Gasteiger partial charge in [0.15, 0.2) is 0 Å². The van der Waals surface area contributed by atoms with Crippen molar-refractivity contribution in [2.75, 3.05) is 12.3 Å². The van der Waals surface area contributed by atoms with Gasteiger partial charge >= 0.3 is 0 Å². The summed E-state index contributed by atoms with van der Waals surface area (Å²) in [5, 5.41) is 1.06. The smallest absolute Gasteiger partial charge is 0.120 e. The monoisotopic (exact) mass is 225 g/mol. The Balaban J connectivity index is 2.56. The van der Waals surface area contributed by atoms with Crippen molar-refractivity contribution in [1.82, 2.24) is 0 Å². The lowest BCUT2D eigenvalue weighted by Crippen LogP contribution is -1.90. The number of benzene rings is 1. The Labute approximate surface area is 92.1 Å². The van der Waals surface area contributed by atoms with E-state index in [-0.39, 0.29) is 0 Å². The zero-order valence-electron chi connectivity index (χ0n) is 7.78. The largest absolute Gasteiger partial charge is 0.494 e. The summed E-state index contributed by atoms with van der Waals surface area (Å²) in [6.07, 6.45) is 0. The van der Waals surface area contributed by atoms with Gasteiger partial charge < -0.3 is 10.5 Å². The Morgan fingerprint density at radius 2 is 2.29 bits per heavy atom. The third-order valence-corrected chi connectivity index (χ3v) is 3.48. The number of hydrogen-bond donors (Lipinski definition) is 2. The maximum Gasteiger partial charge on any atom is 0.120 e. The lowest BCUT2D eigenvalue weighted by molar-refractivity contribution is 0.341. The summed E-state index contributed by atoms with van der Waals surface area (Å²) in [4.78, 5) is 0. The van der Waals surface area contributed by atoms with E-state index in [0.29, 0.717) is 6.61 Å². The number of ether oxygens (including phenoxy) is 1. The number of nitrogen functional groups attached to an aromatic ring is 1. The van der Waals surface area contributed by atoms with Crippen LogP contribution in [0, 0.1) is 0 Å². The highest BCUT2D eigenvalue weighted by atomic mass is 32.2. The highest BCUT2D eigenvalue weighted by Gasteiger charge is 2.06. The molecule has 0 atom stereocenters. The van der Waals surface area contributed by atoms with E-state index in [2.05, 4.69) is 12.6 Å². The van der Waals surface area contributed by atoms with Crippen LogP contribution < -0.4 is 10.5 Å². The van der Waals surface area contributed by atoms with Crippen LogP contribution >= 0.6 is 24.0 Å². The molecule has 0 aliphatic rings. The molecule has 1 aromatic carbocycles. The Bertz CT molecular complexity index is 464. The normalized spacial score (nSPS) is 10.7. The Kier molecular flexibility index (Phi) is 2.56. The predicted octanol–water partition coefficient (Wildman–Crippen LogP) is 3.17. The number of thiophene rings is 1. The van der Waals surface area contributed by atoms with E-state index in [1.54, 1.807) is 11.3 Å².